The quantitative estimate of drug-likeness (QED) is 0.0237. The van der Waals surface area contributed by atoms with Gasteiger partial charge in [0.25, 0.3) is 0 Å². The zero-order chi connectivity index (χ0) is 43.9. The molecule has 0 spiro atoms. The average Bonchev–Trinajstić information content (AvgIpc) is 3.24. The van der Waals surface area contributed by atoms with Crippen LogP contribution >= 0.6 is 7.82 Å². The summed E-state index contributed by atoms with van der Waals surface area (Å²) >= 11 is 0. The van der Waals surface area contributed by atoms with Crippen molar-refractivity contribution >= 4 is 13.8 Å². The summed E-state index contributed by atoms with van der Waals surface area (Å²) in [6.45, 7) is 3.34. The highest BCUT2D eigenvalue weighted by Crippen LogP contribution is 2.43. The van der Waals surface area contributed by atoms with E-state index in [1.165, 1.54) is 64.2 Å². The molecule has 3 unspecified atom stereocenters. The Morgan fingerprint density at radius 1 is 0.533 bits per heavy atom. The lowest BCUT2D eigenvalue weighted by Gasteiger charge is -2.20. The van der Waals surface area contributed by atoms with E-state index in [4.69, 9.17) is 23.6 Å². The van der Waals surface area contributed by atoms with Crippen molar-refractivity contribution in [3.63, 3.8) is 0 Å². The van der Waals surface area contributed by atoms with E-state index in [9.17, 15) is 19.4 Å². The molecule has 0 aromatic carbocycles. The van der Waals surface area contributed by atoms with Crippen molar-refractivity contribution < 1.29 is 43.0 Å². The molecular weight excluding hydrogens is 776 g/mol. The van der Waals surface area contributed by atoms with Crippen LogP contribution in [0.5, 0.6) is 0 Å². The number of carbonyl (C=O) groups is 1. The molecule has 60 heavy (non-hydrogen) atoms. The molecule has 3 N–H and O–H groups in total. The second kappa shape index (κ2) is 46.2. The van der Waals surface area contributed by atoms with Crippen LogP contribution in [-0.4, -0.2) is 66.3 Å². The minimum Gasteiger partial charge on any atom is -0.457 e. The van der Waals surface area contributed by atoms with E-state index in [1.54, 1.807) is 0 Å². The van der Waals surface area contributed by atoms with Crippen molar-refractivity contribution in [1.82, 2.24) is 0 Å². The fourth-order valence-corrected chi connectivity index (χ4v) is 6.79. The molecular formula is C50H87O9P. The maximum atomic E-state index is 12.7. The van der Waals surface area contributed by atoms with Crippen molar-refractivity contribution in [2.45, 2.75) is 193 Å². The molecule has 0 aliphatic rings. The number of rotatable bonds is 44. The van der Waals surface area contributed by atoms with Gasteiger partial charge in [0, 0.05) is 13.0 Å². The number of phosphoric ester groups is 1. The van der Waals surface area contributed by atoms with E-state index in [0.717, 1.165) is 89.9 Å². The Bertz CT molecular complexity index is 1210. The highest BCUT2D eigenvalue weighted by atomic mass is 31.2. The van der Waals surface area contributed by atoms with Gasteiger partial charge in [0.1, 0.15) is 12.2 Å². The molecule has 9 nitrogen and oxygen atoms in total. The largest absolute Gasteiger partial charge is 0.472 e. The summed E-state index contributed by atoms with van der Waals surface area (Å²) in [4.78, 5) is 22.6. The Morgan fingerprint density at radius 3 is 1.45 bits per heavy atom. The smallest absolute Gasteiger partial charge is 0.457 e. The van der Waals surface area contributed by atoms with Gasteiger partial charge in [-0.2, -0.15) is 0 Å². The third kappa shape index (κ3) is 45.2. The first-order valence-corrected chi connectivity index (χ1v) is 25.1. The number of unbranched alkanes of at least 4 members (excludes halogenated alkanes) is 16. The number of aliphatic hydroxyl groups excluding tert-OH is 2. The number of esters is 1. The normalized spacial score (nSPS) is 14.7. The Morgan fingerprint density at radius 2 is 0.950 bits per heavy atom. The summed E-state index contributed by atoms with van der Waals surface area (Å²) in [5.41, 5.74) is 0. The van der Waals surface area contributed by atoms with E-state index < -0.39 is 45.8 Å². The molecule has 0 rings (SSSR count). The van der Waals surface area contributed by atoms with Crippen molar-refractivity contribution in [1.29, 1.82) is 0 Å². The molecule has 0 aliphatic carbocycles. The first-order chi connectivity index (χ1) is 29.3. The van der Waals surface area contributed by atoms with Gasteiger partial charge in [-0.3, -0.25) is 13.8 Å². The van der Waals surface area contributed by atoms with Crippen molar-refractivity contribution in [2.75, 3.05) is 33.0 Å². The predicted molar refractivity (Wildman–Crippen MR) is 251 cm³/mol. The lowest BCUT2D eigenvalue weighted by atomic mass is 10.1. The molecule has 0 radical (unpaired) electrons. The minimum absolute atomic E-state index is 0.0298. The fourth-order valence-electron chi connectivity index (χ4n) is 6.00. The van der Waals surface area contributed by atoms with Gasteiger partial charge in [-0.05, 0) is 89.9 Å². The molecule has 346 valence electrons. The average molecular weight is 863 g/mol. The van der Waals surface area contributed by atoms with Crippen LogP contribution in [0.1, 0.15) is 181 Å². The van der Waals surface area contributed by atoms with Crippen LogP contribution in [0.15, 0.2) is 85.1 Å². The minimum atomic E-state index is -4.53. The lowest BCUT2D eigenvalue weighted by Crippen LogP contribution is -2.29. The Labute approximate surface area is 366 Å². The summed E-state index contributed by atoms with van der Waals surface area (Å²) in [6, 6.07) is 0. The number of aliphatic hydroxyl groups is 2. The van der Waals surface area contributed by atoms with Gasteiger partial charge >= 0.3 is 13.8 Å². The first-order valence-electron chi connectivity index (χ1n) is 23.6. The number of hydrogen-bond acceptors (Lipinski definition) is 8. The molecule has 0 heterocycles. The maximum absolute atomic E-state index is 12.7. The van der Waals surface area contributed by atoms with Gasteiger partial charge in [-0.1, -0.05) is 170 Å². The highest BCUT2D eigenvalue weighted by molar-refractivity contribution is 7.47. The van der Waals surface area contributed by atoms with Crippen molar-refractivity contribution in [3.05, 3.63) is 85.1 Å². The number of carbonyl (C=O) groups excluding carboxylic acids is 1. The van der Waals surface area contributed by atoms with Crippen LogP contribution in [-0.2, 0) is 27.9 Å². The SMILES string of the molecule is CC/C=C\C/C=C\C/C=C\C/C=C\C/C=C\C/C=C\CCCCCCC(=O)OC(COCCCCCCCC/C=C\CCCCCCCC)COP(=O)(O)OCC(O)CO. The number of hydrogen-bond donors (Lipinski definition) is 3. The molecule has 0 aromatic heterocycles. The zero-order valence-electron chi connectivity index (χ0n) is 37.9. The summed E-state index contributed by atoms with van der Waals surface area (Å²) in [7, 11) is -4.53. The second-order valence-electron chi connectivity index (χ2n) is 15.4. The molecule has 3 atom stereocenters. The topological polar surface area (TPSA) is 132 Å². The van der Waals surface area contributed by atoms with Crippen molar-refractivity contribution in [2.24, 2.45) is 0 Å². The number of allylic oxidation sites excluding steroid dienone is 14. The lowest BCUT2D eigenvalue weighted by molar-refractivity contribution is -0.154. The summed E-state index contributed by atoms with van der Waals surface area (Å²) in [5, 5.41) is 18.4. The van der Waals surface area contributed by atoms with Crippen LogP contribution in [0.25, 0.3) is 0 Å². The van der Waals surface area contributed by atoms with Gasteiger partial charge in [0.2, 0.25) is 0 Å². The summed E-state index contributed by atoms with van der Waals surface area (Å²) in [5.74, 6) is -0.411. The second-order valence-corrected chi connectivity index (χ2v) is 16.8. The Kier molecular flexibility index (Phi) is 44.3. The number of phosphoric acid groups is 1. The van der Waals surface area contributed by atoms with Crippen LogP contribution < -0.4 is 0 Å². The Hall–Kier alpha value is -2.36. The van der Waals surface area contributed by atoms with Gasteiger partial charge in [0.05, 0.1) is 26.4 Å². The van der Waals surface area contributed by atoms with Crippen LogP contribution in [0.2, 0.25) is 0 Å². The molecule has 0 aliphatic heterocycles. The first kappa shape index (κ1) is 57.6. The van der Waals surface area contributed by atoms with E-state index in [1.807, 2.05) is 0 Å². The molecule has 0 aromatic rings. The monoisotopic (exact) mass is 863 g/mol. The fraction of sp³-hybridized carbons (Fsp3) is 0.700. The molecule has 0 saturated carbocycles. The van der Waals surface area contributed by atoms with Gasteiger partial charge in [0.15, 0.2) is 0 Å². The van der Waals surface area contributed by atoms with E-state index in [2.05, 4.69) is 98.9 Å². The molecule has 0 amide bonds. The summed E-state index contributed by atoms with van der Waals surface area (Å²) < 4.78 is 33.4. The maximum Gasteiger partial charge on any atom is 0.472 e. The molecule has 0 saturated heterocycles. The Balaban J connectivity index is 4.22. The third-order valence-corrected chi connectivity index (χ3v) is 10.5. The van der Waals surface area contributed by atoms with Gasteiger partial charge in [-0.25, -0.2) is 4.57 Å². The van der Waals surface area contributed by atoms with Crippen LogP contribution in [0.4, 0.5) is 0 Å². The van der Waals surface area contributed by atoms with Crippen molar-refractivity contribution in [3.8, 4) is 0 Å². The van der Waals surface area contributed by atoms with E-state index >= 15 is 0 Å². The zero-order valence-corrected chi connectivity index (χ0v) is 38.8. The molecule has 0 bridgehead atoms. The number of ether oxygens (including phenoxy) is 2. The van der Waals surface area contributed by atoms with Gasteiger partial charge < -0.3 is 24.6 Å². The summed E-state index contributed by atoms with van der Waals surface area (Å²) in [6.07, 6.45) is 56.8. The predicted octanol–water partition coefficient (Wildman–Crippen LogP) is 13.5. The van der Waals surface area contributed by atoms with E-state index in [0.29, 0.717) is 13.0 Å². The third-order valence-electron chi connectivity index (χ3n) is 9.56. The van der Waals surface area contributed by atoms with Crippen LogP contribution in [0.3, 0.4) is 0 Å². The van der Waals surface area contributed by atoms with Crippen LogP contribution in [0, 0.1) is 0 Å². The molecule has 10 heteroatoms. The standard InChI is InChI=1S/C50H87O9P/c1-3-5-7-9-11-13-15-17-19-21-22-23-24-25-26-27-28-30-32-34-36-38-40-42-50(53)59-49(47-58-60(54,55)57-45-48(52)44-51)46-56-43-41-39-37-35-33-31-29-20-18-16-14-12-10-8-6-4-2/h5,7,11,13,17-20,22-23,25-26,28,30,48-49,51-52H,3-4,6,8-10,12,14-16,21,24,27,29,31-47H2,1-2H3,(H,54,55)/b7-5-,13-11-,19-17-,20-18-,23-22-,26-25-,30-28-. The van der Waals surface area contributed by atoms with Gasteiger partial charge in [-0.15, -0.1) is 0 Å². The highest BCUT2D eigenvalue weighted by Gasteiger charge is 2.26. The molecule has 0 fully saturated rings. The van der Waals surface area contributed by atoms with E-state index in [-0.39, 0.29) is 13.0 Å².